The third-order valence-electron chi connectivity index (χ3n) is 4.51. The second kappa shape index (κ2) is 6.55. The zero-order valence-corrected chi connectivity index (χ0v) is 14.8. The summed E-state index contributed by atoms with van der Waals surface area (Å²) in [7, 11) is 0. The number of fused-ring (bicyclic) bond motifs is 2. The van der Waals surface area contributed by atoms with Crippen LogP contribution in [0.3, 0.4) is 0 Å². The van der Waals surface area contributed by atoms with Crippen molar-refractivity contribution in [3.63, 3.8) is 0 Å². The van der Waals surface area contributed by atoms with Gasteiger partial charge in [-0.1, -0.05) is 12.1 Å². The number of nitrogens with zero attached hydrogens (tertiary/aromatic N) is 8. The highest BCUT2D eigenvalue weighted by Gasteiger charge is 2.11. The van der Waals surface area contributed by atoms with Crippen molar-refractivity contribution in [2.75, 3.05) is 0 Å². The second-order valence-corrected chi connectivity index (χ2v) is 6.40. The van der Waals surface area contributed by atoms with Crippen molar-refractivity contribution in [3.8, 4) is 17.3 Å². The molecule has 0 bridgehead atoms. The first-order valence-electron chi connectivity index (χ1n) is 8.73. The first-order chi connectivity index (χ1) is 13.8. The van der Waals surface area contributed by atoms with Gasteiger partial charge in [0.15, 0.2) is 0 Å². The Morgan fingerprint density at radius 3 is 2.89 bits per heavy atom. The van der Waals surface area contributed by atoms with E-state index < -0.39 is 0 Å². The van der Waals surface area contributed by atoms with Crippen molar-refractivity contribution in [3.05, 3.63) is 72.6 Å². The first-order valence-corrected chi connectivity index (χ1v) is 8.73. The molecule has 8 nitrogen and oxygen atoms in total. The van der Waals surface area contributed by atoms with Crippen LogP contribution in [0.1, 0.15) is 11.3 Å². The third-order valence-corrected chi connectivity index (χ3v) is 4.51. The van der Waals surface area contributed by atoms with Crippen LogP contribution in [0.2, 0.25) is 0 Å². The van der Waals surface area contributed by atoms with Gasteiger partial charge >= 0.3 is 0 Å². The van der Waals surface area contributed by atoms with Gasteiger partial charge in [-0.2, -0.15) is 15.5 Å². The summed E-state index contributed by atoms with van der Waals surface area (Å²) in [4.78, 5) is 13.1. The number of pyridine rings is 1. The van der Waals surface area contributed by atoms with E-state index in [-0.39, 0.29) is 6.54 Å². The molecular weight excluding hydrogens is 352 g/mol. The molecule has 0 aliphatic carbocycles. The number of aromatic nitrogens is 7. The van der Waals surface area contributed by atoms with Crippen LogP contribution in [-0.4, -0.2) is 34.3 Å². The lowest BCUT2D eigenvalue weighted by molar-refractivity contribution is 0.710. The number of benzene rings is 1. The third kappa shape index (κ3) is 2.85. The molecule has 0 atom stereocenters. The zero-order valence-electron chi connectivity index (χ0n) is 14.8. The Hall–Kier alpha value is -4.12. The summed E-state index contributed by atoms with van der Waals surface area (Å²) >= 11 is 0. The first kappa shape index (κ1) is 16.1. The highest BCUT2D eigenvalue weighted by molar-refractivity contribution is 5.79. The van der Waals surface area contributed by atoms with Crippen LogP contribution in [0.4, 0.5) is 0 Å². The fourth-order valence-electron chi connectivity index (χ4n) is 3.17. The number of rotatable bonds is 4. The molecule has 0 saturated carbocycles. The van der Waals surface area contributed by atoms with Crippen LogP contribution < -0.4 is 0 Å². The lowest BCUT2D eigenvalue weighted by Crippen LogP contribution is -2.02. The molecule has 134 valence electrons. The minimum Gasteiger partial charge on any atom is -0.258 e. The lowest BCUT2D eigenvalue weighted by Gasteiger charge is -2.04. The molecule has 4 aromatic heterocycles. The van der Waals surface area contributed by atoms with Crippen molar-refractivity contribution in [1.29, 1.82) is 5.26 Å². The highest BCUT2D eigenvalue weighted by atomic mass is 15.3. The largest absolute Gasteiger partial charge is 0.258 e. The minimum absolute atomic E-state index is 0.197. The molecule has 0 amide bonds. The molecule has 8 heteroatoms. The predicted molar refractivity (Wildman–Crippen MR) is 102 cm³/mol. The van der Waals surface area contributed by atoms with Gasteiger partial charge in [-0.25, -0.2) is 14.5 Å². The Labute approximate surface area is 159 Å². The van der Waals surface area contributed by atoms with E-state index in [0.29, 0.717) is 17.9 Å². The normalized spacial score (nSPS) is 11.1. The highest BCUT2D eigenvalue weighted by Crippen LogP contribution is 2.19. The van der Waals surface area contributed by atoms with Gasteiger partial charge in [0.1, 0.15) is 12.2 Å². The van der Waals surface area contributed by atoms with Gasteiger partial charge in [-0.15, -0.1) is 0 Å². The van der Waals surface area contributed by atoms with Crippen molar-refractivity contribution in [2.24, 2.45) is 0 Å². The molecular formula is C20H14N8. The summed E-state index contributed by atoms with van der Waals surface area (Å²) in [6.45, 7) is 0.197. The lowest BCUT2D eigenvalue weighted by atomic mass is 10.1. The van der Waals surface area contributed by atoms with E-state index in [1.54, 1.807) is 40.2 Å². The molecule has 0 aliphatic rings. The maximum Gasteiger partial charge on any atom is 0.250 e. The van der Waals surface area contributed by atoms with Crippen LogP contribution in [0.25, 0.3) is 27.9 Å². The van der Waals surface area contributed by atoms with Gasteiger partial charge in [0.2, 0.25) is 0 Å². The fraction of sp³-hybridized carbons (Fsp3) is 0.100. The van der Waals surface area contributed by atoms with Crippen LogP contribution in [0, 0.1) is 11.3 Å². The topological polar surface area (TPSA) is 97.6 Å². The van der Waals surface area contributed by atoms with Gasteiger partial charge in [0.05, 0.1) is 35.9 Å². The average Bonchev–Trinajstić information content (AvgIpc) is 3.35. The Bertz CT molecular complexity index is 1340. The molecule has 28 heavy (non-hydrogen) atoms. The number of nitriles is 1. The van der Waals surface area contributed by atoms with Gasteiger partial charge < -0.3 is 0 Å². The van der Waals surface area contributed by atoms with E-state index in [2.05, 4.69) is 49.4 Å². The Balaban J connectivity index is 1.51. The minimum atomic E-state index is 0.197. The van der Waals surface area contributed by atoms with Crippen molar-refractivity contribution < 1.29 is 0 Å². The molecule has 0 saturated heterocycles. The van der Waals surface area contributed by atoms with Gasteiger partial charge in [-0.3, -0.25) is 9.67 Å². The van der Waals surface area contributed by atoms with Crippen LogP contribution in [0.5, 0.6) is 0 Å². The summed E-state index contributed by atoms with van der Waals surface area (Å²) < 4.78 is 3.32. The molecule has 5 aromatic rings. The monoisotopic (exact) mass is 366 g/mol. The summed E-state index contributed by atoms with van der Waals surface area (Å²) in [5.74, 6) is 0.547. The molecule has 0 fully saturated rings. The van der Waals surface area contributed by atoms with Crippen molar-refractivity contribution >= 4 is 16.7 Å². The Kier molecular flexibility index (Phi) is 3.76. The van der Waals surface area contributed by atoms with Crippen LogP contribution in [0.15, 0.2) is 61.3 Å². The number of hydrogen-bond donors (Lipinski definition) is 0. The predicted octanol–water partition coefficient (Wildman–Crippen LogP) is 2.65. The molecule has 0 aliphatic heterocycles. The van der Waals surface area contributed by atoms with Crippen molar-refractivity contribution in [1.82, 2.24) is 34.3 Å². The summed E-state index contributed by atoms with van der Waals surface area (Å²) in [6.07, 6.45) is 9.40. The molecule has 4 heterocycles. The Morgan fingerprint density at radius 2 is 1.96 bits per heavy atom. The van der Waals surface area contributed by atoms with Gasteiger partial charge in [0.25, 0.3) is 5.78 Å². The summed E-state index contributed by atoms with van der Waals surface area (Å²) in [6, 6.07) is 12.3. The molecule has 1 aromatic carbocycles. The molecule has 0 N–H and O–H groups in total. The quantitative estimate of drug-likeness (QED) is 0.485. The van der Waals surface area contributed by atoms with Gasteiger partial charge in [-0.05, 0) is 23.8 Å². The average molecular weight is 366 g/mol. The van der Waals surface area contributed by atoms with Crippen molar-refractivity contribution in [2.45, 2.75) is 13.0 Å². The second-order valence-electron chi connectivity index (χ2n) is 6.40. The molecule has 5 rings (SSSR count). The standard InChI is InChI=1S/C20H14N8/c21-5-7-27-13-16(10-25-27)19-12-24-20-23-11-17(28(20)26-19)9-14-3-4-18-15(8-14)2-1-6-22-18/h1-4,6,8,10-13H,7,9H2. The van der Waals surface area contributed by atoms with E-state index in [1.807, 2.05) is 12.1 Å². The maximum atomic E-state index is 8.80. The smallest absolute Gasteiger partial charge is 0.250 e. The van der Waals surface area contributed by atoms with E-state index in [9.17, 15) is 0 Å². The van der Waals surface area contributed by atoms with E-state index in [4.69, 9.17) is 5.26 Å². The summed E-state index contributed by atoms with van der Waals surface area (Å²) in [5, 5.41) is 18.7. The maximum absolute atomic E-state index is 8.80. The van der Waals surface area contributed by atoms with E-state index in [0.717, 1.165) is 27.7 Å². The molecule has 0 radical (unpaired) electrons. The fourth-order valence-corrected chi connectivity index (χ4v) is 3.17. The molecule has 0 spiro atoms. The zero-order chi connectivity index (χ0) is 18.9. The van der Waals surface area contributed by atoms with E-state index in [1.165, 1.54) is 0 Å². The molecule has 0 unspecified atom stereocenters. The van der Waals surface area contributed by atoms with Gasteiger partial charge in [0, 0.05) is 29.8 Å². The van der Waals surface area contributed by atoms with Crippen LogP contribution in [-0.2, 0) is 13.0 Å². The Morgan fingerprint density at radius 1 is 1.04 bits per heavy atom. The SMILES string of the molecule is N#CCn1cc(-c2cnc3ncc(Cc4ccc5ncccc5c4)n3n2)cn1. The summed E-state index contributed by atoms with van der Waals surface area (Å²) in [5.41, 5.74) is 4.55. The number of hydrogen-bond acceptors (Lipinski definition) is 6. The number of imidazole rings is 1. The van der Waals surface area contributed by atoms with E-state index >= 15 is 0 Å². The van der Waals surface area contributed by atoms with Crippen LogP contribution >= 0.6 is 0 Å².